The molecule has 32 heavy (non-hydrogen) atoms. The number of likely N-dealkylation sites (tertiary alicyclic amines) is 1. The summed E-state index contributed by atoms with van der Waals surface area (Å²) < 4.78 is 37.4. The molecule has 174 valence electrons. The van der Waals surface area contributed by atoms with Gasteiger partial charge in [-0.2, -0.15) is 13.2 Å². The van der Waals surface area contributed by atoms with E-state index in [2.05, 4.69) is 29.2 Å². The number of carboxylic acids is 1. The predicted molar refractivity (Wildman–Crippen MR) is 112 cm³/mol. The Bertz CT molecular complexity index is 899. The van der Waals surface area contributed by atoms with E-state index in [1.165, 1.54) is 5.56 Å². The number of aliphatic carboxylic acids is 1. The van der Waals surface area contributed by atoms with E-state index in [4.69, 9.17) is 14.6 Å². The van der Waals surface area contributed by atoms with Crippen LogP contribution in [0.5, 0.6) is 0 Å². The number of carbonyl (C=O) groups is 2. The fourth-order valence-corrected chi connectivity index (χ4v) is 3.76. The van der Waals surface area contributed by atoms with Gasteiger partial charge in [-0.15, -0.1) is 0 Å². The Morgan fingerprint density at radius 3 is 2.22 bits per heavy atom. The van der Waals surface area contributed by atoms with E-state index in [1.807, 2.05) is 36.9 Å². The Kier molecular flexibility index (Phi) is 8.77. The Labute approximate surface area is 185 Å². The average Bonchev–Trinajstić information content (AvgIpc) is 2.73. The van der Waals surface area contributed by atoms with E-state index in [9.17, 15) is 18.0 Å². The maximum Gasteiger partial charge on any atom is 0.490 e. The molecule has 0 aliphatic carbocycles. The van der Waals surface area contributed by atoms with Gasteiger partial charge < -0.3 is 14.7 Å². The maximum atomic E-state index is 13.0. The van der Waals surface area contributed by atoms with Gasteiger partial charge in [0.25, 0.3) is 5.91 Å². The topological polar surface area (TPSA) is 79.7 Å². The lowest BCUT2D eigenvalue weighted by atomic mass is 9.88. The summed E-state index contributed by atoms with van der Waals surface area (Å²) in [5.41, 5.74) is 3.80. The molecule has 1 N–H and O–H groups in total. The van der Waals surface area contributed by atoms with Crippen molar-refractivity contribution in [3.05, 3.63) is 65.0 Å². The second-order valence-corrected chi connectivity index (χ2v) is 7.71. The summed E-state index contributed by atoms with van der Waals surface area (Å²) in [7, 11) is 1.77. The quantitative estimate of drug-likeness (QED) is 0.757. The molecule has 0 saturated carbocycles. The molecule has 2 heterocycles. The van der Waals surface area contributed by atoms with Gasteiger partial charge in [0.05, 0.1) is 6.10 Å². The zero-order valence-electron chi connectivity index (χ0n) is 18.2. The smallest absolute Gasteiger partial charge is 0.475 e. The normalized spacial score (nSPS) is 18.5. The standard InChI is InChI=1S/C21H26N2O2.C2HF3O2/c1-15-11-18(12-16(2)22-15)21(24)23-10-9-20(25-3)19(14-23)13-17-7-5-4-6-8-17;3-2(4,5)1(6)7/h4-8,11-12,19-20H,9-10,13-14H2,1-3H3;(H,6,7)/t19-,20-;/m0./s1. The first-order valence-electron chi connectivity index (χ1n) is 10.1. The number of methoxy groups -OCH3 is 1. The first kappa shape index (κ1) is 25.3. The highest BCUT2D eigenvalue weighted by molar-refractivity contribution is 5.94. The minimum absolute atomic E-state index is 0.0983. The predicted octanol–water partition coefficient (Wildman–Crippen LogP) is 4.05. The molecule has 3 rings (SSSR count). The lowest BCUT2D eigenvalue weighted by molar-refractivity contribution is -0.192. The first-order chi connectivity index (χ1) is 15.0. The van der Waals surface area contributed by atoms with Gasteiger partial charge in [-0.05, 0) is 44.4 Å². The molecule has 1 aliphatic rings. The highest BCUT2D eigenvalue weighted by atomic mass is 19.4. The number of ether oxygens (including phenoxy) is 1. The van der Waals surface area contributed by atoms with Gasteiger partial charge in [-0.25, -0.2) is 4.79 Å². The second kappa shape index (κ2) is 11.1. The molecule has 1 saturated heterocycles. The molecule has 0 bridgehead atoms. The third-order valence-corrected chi connectivity index (χ3v) is 5.17. The summed E-state index contributed by atoms with van der Waals surface area (Å²) >= 11 is 0. The number of benzene rings is 1. The molecular formula is C23H27F3N2O4. The Hall–Kier alpha value is -2.94. The van der Waals surface area contributed by atoms with E-state index in [-0.39, 0.29) is 12.0 Å². The zero-order chi connectivity index (χ0) is 23.9. The fourth-order valence-electron chi connectivity index (χ4n) is 3.76. The number of hydrogen-bond donors (Lipinski definition) is 1. The summed E-state index contributed by atoms with van der Waals surface area (Å²) in [6.07, 6.45) is -3.08. The van der Waals surface area contributed by atoms with Gasteiger partial charge in [-0.1, -0.05) is 30.3 Å². The van der Waals surface area contributed by atoms with Crippen LogP contribution in [0.2, 0.25) is 0 Å². The number of piperidine rings is 1. The van der Waals surface area contributed by atoms with Crippen LogP contribution in [0.15, 0.2) is 42.5 Å². The van der Waals surface area contributed by atoms with Crippen LogP contribution in [0.4, 0.5) is 13.2 Å². The summed E-state index contributed by atoms with van der Waals surface area (Å²) in [6.45, 7) is 5.33. The third-order valence-electron chi connectivity index (χ3n) is 5.17. The van der Waals surface area contributed by atoms with Crippen molar-refractivity contribution in [3.8, 4) is 0 Å². The van der Waals surface area contributed by atoms with Crippen molar-refractivity contribution < 1.29 is 32.6 Å². The van der Waals surface area contributed by atoms with Gasteiger partial charge in [-0.3, -0.25) is 9.78 Å². The van der Waals surface area contributed by atoms with Crippen molar-refractivity contribution in [3.63, 3.8) is 0 Å². The monoisotopic (exact) mass is 452 g/mol. The van der Waals surface area contributed by atoms with E-state index >= 15 is 0 Å². The van der Waals surface area contributed by atoms with E-state index in [0.29, 0.717) is 5.92 Å². The van der Waals surface area contributed by atoms with E-state index in [1.54, 1.807) is 7.11 Å². The lowest BCUT2D eigenvalue weighted by Gasteiger charge is -2.38. The van der Waals surface area contributed by atoms with Gasteiger partial charge in [0.15, 0.2) is 0 Å². The van der Waals surface area contributed by atoms with Crippen LogP contribution < -0.4 is 0 Å². The van der Waals surface area contributed by atoms with Crippen LogP contribution in [-0.4, -0.2) is 59.3 Å². The summed E-state index contributed by atoms with van der Waals surface area (Å²) in [6, 6.07) is 14.2. The number of rotatable bonds is 4. The molecule has 9 heteroatoms. The van der Waals surface area contributed by atoms with Crippen LogP contribution in [0, 0.1) is 19.8 Å². The Morgan fingerprint density at radius 1 is 1.16 bits per heavy atom. The Balaban J connectivity index is 0.000000451. The van der Waals surface area contributed by atoms with Gasteiger partial charge in [0.1, 0.15) is 0 Å². The number of nitrogens with zero attached hydrogens (tertiary/aromatic N) is 2. The van der Waals surface area contributed by atoms with Crippen molar-refractivity contribution >= 4 is 11.9 Å². The third kappa shape index (κ3) is 7.33. The molecule has 1 aromatic carbocycles. The van der Waals surface area contributed by atoms with Crippen molar-refractivity contribution in [2.75, 3.05) is 20.2 Å². The number of aryl methyl sites for hydroxylation is 2. The van der Waals surface area contributed by atoms with Crippen LogP contribution >= 0.6 is 0 Å². The maximum absolute atomic E-state index is 13.0. The molecule has 0 unspecified atom stereocenters. The minimum atomic E-state index is -5.08. The molecular weight excluding hydrogens is 425 g/mol. The number of hydrogen-bond acceptors (Lipinski definition) is 4. The molecule has 1 aromatic heterocycles. The highest BCUT2D eigenvalue weighted by Gasteiger charge is 2.38. The molecule has 0 radical (unpaired) electrons. The molecule has 1 amide bonds. The lowest BCUT2D eigenvalue weighted by Crippen LogP contribution is -2.47. The van der Waals surface area contributed by atoms with E-state index < -0.39 is 12.1 Å². The van der Waals surface area contributed by atoms with Crippen molar-refractivity contribution in [1.29, 1.82) is 0 Å². The number of alkyl halides is 3. The molecule has 0 spiro atoms. The van der Waals surface area contributed by atoms with Gasteiger partial charge in [0, 0.05) is 43.1 Å². The number of pyridine rings is 1. The zero-order valence-corrected chi connectivity index (χ0v) is 18.2. The largest absolute Gasteiger partial charge is 0.490 e. The average molecular weight is 452 g/mol. The van der Waals surface area contributed by atoms with Crippen LogP contribution in [-0.2, 0) is 16.0 Å². The molecule has 1 aliphatic heterocycles. The van der Waals surface area contributed by atoms with Gasteiger partial charge >= 0.3 is 12.1 Å². The number of aromatic nitrogens is 1. The summed E-state index contributed by atoms with van der Waals surface area (Å²) in [5.74, 6) is -2.34. The van der Waals surface area contributed by atoms with Crippen LogP contribution in [0.1, 0.15) is 33.7 Å². The highest BCUT2D eigenvalue weighted by Crippen LogP contribution is 2.25. The molecule has 6 nitrogen and oxygen atoms in total. The molecule has 2 atom stereocenters. The number of carboxylic acid groups (broad SMARTS) is 1. The van der Waals surface area contributed by atoms with E-state index in [0.717, 1.165) is 42.9 Å². The van der Waals surface area contributed by atoms with Crippen molar-refractivity contribution in [1.82, 2.24) is 9.88 Å². The summed E-state index contributed by atoms with van der Waals surface area (Å²) in [4.78, 5) is 28.2. The van der Waals surface area contributed by atoms with Gasteiger partial charge in [0.2, 0.25) is 0 Å². The SMILES string of the molecule is CO[C@H]1CCN(C(=O)c2cc(C)nc(C)c2)C[C@@H]1Cc1ccccc1.O=C(O)C(F)(F)F. The molecule has 1 fully saturated rings. The van der Waals surface area contributed by atoms with Crippen molar-refractivity contribution in [2.24, 2.45) is 5.92 Å². The first-order valence-corrected chi connectivity index (χ1v) is 10.1. The number of halogens is 3. The fraction of sp³-hybridized carbons (Fsp3) is 0.435. The van der Waals surface area contributed by atoms with Crippen LogP contribution in [0.3, 0.4) is 0 Å². The summed E-state index contributed by atoms with van der Waals surface area (Å²) in [5, 5.41) is 7.12. The van der Waals surface area contributed by atoms with Crippen LogP contribution in [0.25, 0.3) is 0 Å². The minimum Gasteiger partial charge on any atom is -0.475 e. The number of carbonyl (C=O) groups excluding carboxylic acids is 1. The molecule has 2 aromatic rings. The second-order valence-electron chi connectivity index (χ2n) is 7.71. The number of amides is 1. The Morgan fingerprint density at radius 2 is 1.72 bits per heavy atom. The van der Waals surface area contributed by atoms with Crippen molar-refractivity contribution in [2.45, 2.75) is 39.0 Å².